The van der Waals surface area contributed by atoms with Gasteiger partial charge in [0.25, 0.3) is 0 Å². The standard InChI is InChI=1S/C17H24FNO2/c1-16(20,14-9-15(18)12-19-11-14)13-5-8-21-17(10-13)6-3-2-4-7-17/h9,11-13,20H,2-8,10H2,1H3. The van der Waals surface area contributed by atoms with Crippen LogP contribution in [0.15, 0.2) is 18.5 Å². The van der Waals surface area contributed by atoms with Crippen molar-refractivity contribution in [3.8, 4) is 0 Å². The van der Waals surface area contributed by atoms with Crippen LogP contribution >= 0.6 is 0 Å². The summed E-state index contributed by atoms with van der Waals surface area (Å²) in [5.41, 5.74) is -0.546. The molecule has 116 valence electrons. The maximum absolute atomic E-state index is 13.4. The van der Waals surface area contributed by atoms with Crippen LogP contribution in [0, 0.1) is 11.7 Å². The first kappa shape index (κ1) is 14.9. The summed E-state index contributed by atoms with van der Waals surface area (Å²) in [5, 5.41) is 11.0. The Bertz CT molecular complexity index is 492. The lowest BCUT2D eigenvalue weighted by atomic mass is 9.70. The number of hydrogen-bond acceptors (Lipinski definition) is 3. The molecule has 1 saturated heterocycles. The van der Waals surface area contributed by atoms with Gasteiger partial charge < -0.3 is 9.84 Å². The summed E-state index contributed by atoms with van der Waals surface area (Å²) in [6.07, 6.45) is 10.3. The summed E-state index contributed by atoms with van der Waals surface area (Å²) < 4.78 is 19.5. The number of aromatic nitrogens is 1. The number of pyridine rings is 1. The van der Waals surface area contributed by atoms with Gasteiger partial charge in [-0.05, 0) is 44.6 Å². The fourth-order valence-electron chi connectivity index (χ4n) is 3.98. The van der Waals surface area contributed by atoms with E-state index in [4.69, 9.17) is 4.74 Å². The van der Waals surface area contributed by atoms with Crippen LogP contribution in [0.3, 0.4) is 0 Å². The van der Waals surface area contributed by atoms with E-state index < -0.39 is 11.4 Å². The SMILES string of the molecule is CC(O)(c1cncc(F)c1)C1CCOC2(CCCCC2)C1. The zero-order chi connectivity index (χ0) is 14.9. The van der Waals surface area contributed by atoms with E-state index in [9.17, 15) is 9.50 Å². The van der Waals surface area contributed by atoms with Crippen LogP contribution in [0.1, 0.15) is 57.4 Å². The van der Waals surface area contributed by atoms with Crippen LogP contribution in [-0.4, -0.2) is 22.3 Å². The Labute approximate surface area is 125 Å². The molecular weight excluding hydrogens is 269 g/mol. The predicted octanol–water partition coefficient (Wildman–Crippen LogP) is 3.56. The van der Waals surface area contributed by atoms with Gasteiger partial charge in [-0.3, -0.25) is 4.98 Å². The van der Waals surface area contributed by atoms with Crippen molar-refractivity contribution in [3.05, 3.63) is 29.8 Å². The normalized spacial score (nSPS) is 28.2. The van der Waals surface area contributed by atoms with Gasteiger partial charge in [-0.15, -0.1) is 0 Å². The van der Waals surface area contributed by atoms with E-state index >= 15 is 0 Å². The molecule has 0 amide bonds. The first-order chi connectivity index (χ1) is 10.0. The molecule has 3 rings (SSSR count). The third-order valence-corrected chi connectivity index (χ3v) is 5.34. The second-order valence-electron chi connectivity index (χ2n) is 6.82. The third-order valence-electron chi connectivity index (χ3n) is 5.34. The van der Waals surface area contributed by atoms with E-state index in [-0.39, 0.29) is 11.5 Å². The minimum atomic E-state index is -1.05. The third kappa shape index (κ3) is 2.97. The van der Waals surface area contributed by atoms with Crippen molar-refractivity contribution < 1.29 is 14.2 Å². The molecule has 1 spiro atoms. The fourth-order valence-corrected chi connectivity index (χ4v) is 3.98. The summed E-state index contributed by atoms with van der Waals surface area (Å²) in [5.74, 6) is -0.305. The highest BCUT2D eigenvalue weighted by molar-refractivity contribution is 5.20. The molecule has 2 atom stereocenters. The molecule has 2 aliphatic rings. The van der Waals surface area contributed by atoms with Crippen molar-refractivity contribution in [3.63, 3.8) is 0 Å². The van der Waals surface area contributed by atoms with Crippen LogP contribution in [0.25, 0.3) is 0 Å². The Morgan fingerprint density at radius 2 is 2.10 bits per heavy atom. The smallest absolute Gasteiger partial charge is 0.141 e. The monoisotopic (exact) mass is 293 g/mol. The molecule has 1 aromatic rings. The number of rotatable bonds is 2. The Morgan fingerprint density at radius 1 is 1.33 bits per heavy atom. The molecule has 1 N–H and O–H groups in total. The van der Waals surface area contributed by atoms with Gasteiger partial charge in [-0.25, -0.2) is 4.39 Å². The zero-order valence-electron chi connectivity index (χ0n) is 12.6. The molecule has 1 aliphatic carbocycles. The Hall–Kier alpha value is -1.00. The van der Waals surface area contributed by atoms with Crippen molar-refractivity contribution in [2.45, 2.75) is 63.1 Å². The molecule has 1 aromatic heterocycles. The van der Waals surface area contributed by atoms with E-state index in [2.05, 4.69) is 4.98 Å². The molecule has 0 radical (unpaired) electrons. The molecule has 0 aromatic carbocycles. The average Bonchev–Trinajstić information content (AvgIpc) is 2.48. The molecule has 2 unspecified atom stereocenters. The number of nitrogens with zero attached hydrogens (tertiary/aromatic N) is 1. The lowest BCUT2D eigenvalue weighted by molar-refractivity contribution is -0.154. The minimum absolute atomic E-state index is 0.0636. The number of halogens is 1. The summed E-state index contributed by atoms with van der Waals surface area (Å²) in [7, 11) is 0. The number of hydrogen-bond donors (Lipinski definition) is 1. The fraction of sp³-hybridized carbons (Fsp3) is 0.706. The molecule has 1 aliphatic heterocycles. The van der Waals surface area contributed by atoms with Crippen molar-refractivity contribution in [1.82, 2.24) is 4.98 Å². The number of ether oxygens (including phenoxy) is 1. The second-order valence-corrected chi connectivity index (χ2v) is 6.82. The van der Waals surface area contributed by atoms with Crippen LogP contribution in [-0.2, 0) is 10.3 Å². The maximum Gasteiger partial charge on any atom is 0.141 e. The quantitative estimate of drug-likeness (QED) is 0.906. The highest BCUT2D eigenvalue weighted by Gasteiger charge is 2.45. The Kier molecular flexibility index (Phi) is 4.02. The van der Waals surface area contributed by atoms with Crippen molar-refractivity contribution >= 4 is 0 Å². The molecular formula is C17H24FNO2. The molecule has 2 fully saturated rings. The van der Waals surface area contributed by atoms with E-state index in [1.54, 1.807) is 13.1 Å². The summed E-state index contributed by atoms with van der Waals surface area (Å²) in [6, 6.07) is 1.40. The van der Waals surface area contributed by atoms with E-state index in [1.165, 1.54) is 31.5 Å². The molecule has 3 nitrogen and oxygen atoms in total. The van der Waals surface area contributed by atoms with Crippen LogP contribution in [0.2, 0.25) is 0 Å². The molecule has 21 heavy (non-hydrogen) atoms. The minimum Gasteiger partial charge on any atom is -0.385 e. The van der Waals surface area contributed by atoms with Crippen LogP contribution in [0.5, 0.6) is 0 Å². The summed E-state index contributed by atoms with van der Waals surface area (Å²) in [4.78, 5) is 3.88. The Morgan fingerprint density at radius 3 is 2.81 bits per heavy atom. The largest absolute Gasteiger partial charge is 0.385 e. The van der Waals surface area contributed by atoms with Crippen LogP contribution in [0.4, 0.5) is 4.39 Å². The molecule has 2 heterocycles. The van der Waals surface area contributed by atoms with Gasteiger partial charge in [0.15, 0.2) is 0 Å². The first-order valence-corrected chi connectivity index (χ1v) is 7.99. The highest BCUT2D eigenvalue weighted by atomic mass is 19.1. The second kappa shape index (κ2) is 5.65. The van der Waals surface area contributed by atoms with Crippen molar-refractivity contribution in [2.75, 3.05) is 6.61 Å². The van der Waals surface area contributed by atoms with Crippen LogP contribution < -0.4 is 0 Å². The maximum atomic E-state index is 13.4. The van der Waals surface area contributed by atoms with Gasteiger partial charge >= 0.3 is 0 Å². The molecule has 4 heteroatoms. The van der Waals surface area contributed by atoms with Gasteiger partial charge in [0.2, 0.25) is 0 Å². The first-order valence-electron chi connectivity index (χ1n) is 7.99. The van der Waals surface area contributed by atoms with Gasteiger partial charge in [-0.2, -0.15) is 0 Å². The average molecular weight is 293 g/mol. The van der Waals surface area contributed by atoms with E-state index in [0.717, 1.165) is 25.7 Å². The van der Waals surface area contributed by atoms with E-state index in [1.807, 2.05) is 0 Å². The molecule has 0 bridgehead atoms. The Balaban J connectivity index is 1.81. The summed E-state index contributed by atoms with van der Waals surface area (Å²) >= 11 is 0. The van der Waals surface area contributed by atoms with Crippen molar-refractivity contribution in [2.24, 2.45) is 5.92 Å². The van der Waals surface area contributed by atoms with Gasteiger partial charge in [0.1, 0.15) is 5.82 Å². The predicted molar refractivity (Wildman–Crippen MR) is 78.3 cm³/mol. The van der Waals surface area contributed by atoms with Gasteiger partial charge in [-0.1, -0.05) is 19.3 Å². The summed E-state index contributed by atoms with van der Waals surface area (Å²) in [6.45, 7) is 2.47. The van der Waals surface area contributed by atoms with Crippen molar-refractivity contribution in [1.29, 1.82) is 0 Å². The topological polar surface area (TPSA) is 42.4 Å². The van der Waals surface area contributed by atoms with Gasteiger partial charge in [0, 0.05) is 18.4 Å². The highest BCUT2D eigenvalue weighted by Crippen LogP contribution is 2.46. The zero-order valence-corrected chi connectivity index (χ0v) is 12.6. The lowest BCUT2D eigenvalue weighted by Crippen LogP contribution is -2.47. The lowest BCUT2D eigenvalue weighted by Gasteiger charge is -2.47. The number of aliphatic hydroxyl groups is 1. The molecule has 1 saturated carbocycles. The van der Waals surface area contributed by atoms with E-state index in [0.29, 0.717) is 12.2 Å². The van der Waals surface area contributed by atoms with Gasteiger partial charge in [0.05, 0.1) is 17.4 Å².